The van der Waals surface area contributed by atoms with Crippen LogP contribution in [0.4, 0.5) is 4.79 Å². The second-order valence-corrected chi connectivity index (χ2v) is 5.96. The predicted octanol–water partition coefficient (Wildman–Crippen LogP) is 2.58. The maximum Gasteiger partial charge on any atom is 0.407 e. The van der Waals surface area contributed by atoms with E-state index in [0.717, 1.165) is 4.88 Å². The molecule has 1 aromatic heterocycles. The Morgan fingerprint density at radius 2 is 2.24 bits per heavy atom. The highest BCUT2D eigenvalue weighted by molar-refractivity contribution is 7.10. The quantitative estimate of drug-likeness (QED) is 0.873. The summed E-state index contributed by atoms with van der Waals surface area (Å²) in [5.74, 6) is 0. The van der Waals surface area contributed by atoms with E-state index < -0.39 is 11.7 Å². The number of hydrogen-bond donors (Lipinski definition) is 2. The third kappa shape index (κ3) is 5.19. The van der Waals surface area contributed by atoms with Gasteiger partial charge in [-0.2, -0.15) is 0 Å². The zero-order chi connectivity index (χ0) is 13.1. The number of rotatable bonds is 3. The SMILES string of the molecule is Cc1csc(C(N)CNC(=O)OC(C)(C)C)c1. The van der Waals surface area contributed by atoms with E-state index in [1.807, 2.05) is 39.1 Å². The molecule has 0 aromatic carbocycles. The van der Waals surface area contributed by atoms with Gasteiger partial charge in [-0.15, -0.1) is 11.3 Å². The Labute approximate surface area is 106 Å². The lowest BCUT2D eigenvalue weighted by Gasteiger charge is -2.20. The molecule has 1 aromatic rings. The van der Waals surface area contributed by atoms with Crippen molar-refractivity contribution in [1.82, 2.24) is 5.32 Å². The van der Waals surface area contributed by atoms with Crippen LogP contribution < -0.4 is 11.1 Å². The fourth-order valence-corrected chi connectivity index (χ4v) is 2.16. The van der Waals surface area contributed by atoms with Crippen LogP contribution in [0.5, 0.6) is 0 Å². The van der Waals surface area contributed by atoms with Crippen molar-refractivity contribution in [2.24, 2.45) is 5.73 Å². The van der Waals surface area contributed by atoms with Gasteiger partial charge in [0.05, 0.1) is 6.04 Å². The molecule has 0 aliphatic heterocycles. The first-order chi connectivity index (χ1) is 7.78. The van der Waals surface area contributed by atoms with E-state index in [1.54, 1.807) is 11.3 Å². The van der Waals surface area contributed by atoms with Gasteiger partial charge in [0, 0.05) is 11.4 Å². The van der Waals surface area contributed by atoms with Crippen LogP contribution in [-0.4, -0.2) is 18.2 Å². The fourth-order valence-electron chi connectivity index (χ4n) is 1.26. The monoisotopic (exact) mass is 256 g/mol. The van der Waals surface area contributed by atoms with Crippen molar-refractivity contribution in [3.8, 4) is 0 Å². The summed E-state index contributed by atoms with van der Waals surface area (Å²) in [6.45, 7) is 7.89. The first-order valence-electron chi connectivity index (χ1n) is 5.55. The standard InChI is InChI=1S/C12H20N2O2S/c1-8-5-10(17-7-8)9(13)6-14-11(15)16-12(2,3)4/h5,7,9H,6,13H2,1-4H3,(H,14,15). The average molecular weight is 256 g/mol. The first-order valence-corrected chi connectivity index (χ1v) is 6.43. The third-order valence-electron chi connectivity index (χ3n) is 1.98. The normalized spacial score (nSPS) is 13.2. The van der Waals surface area contributed by atoms with E-state index in [0.29, 0.717) is 6.54 Å². The van der Waals surface area contributed by atoms with Crippen LogP contribution in [-0.2, 0) is 4.74 Å². The van der Waals surface area contributed by atoms with Crippen LogP contribution in [0.3, 0.4) is 0 Å². The number of ether oxygens (including phenoxy) is 1. The van der Waals surface area contributed by atoms with Crippen LogP contribution in [0.15, 0.2) is 11.4 Å². The van der Waals surface area contributed by atoms with Gasteiger partial charge in [0.25, 0.3) is 0 Å². The first kappa shape index (κ1) is 14.0. The van der Waals surface area contributed by atoms with E-state index in [9.17, 15) is 4.79 Å². The molecule has 0 saturated carbocycles. The predicted molar refractivity (Wildman–Crippen MR) is 70.2 cm³/mol. The molecule has 0 radical (unpaired) electrons. The number of thiophene rings is 1. The average Bonchev–Trinajstić information content (AvgIpc) is 2.58. The lowest BCUT2D eigenvalue weighted by atomic mass is 10.2. The number of nitrogens with two attached hydrogens (primary N) is 1. The lowest BCUT2D eigenvalue weighted by molar-refractivity contribution is 0.0524. The Balaban J connectivity index is 2.38. The molecule has 0 bridgehead atoms. The van der Waals surface area contributed by atoms with Crippen LogP contribution in [0.2, 0.25) is 0 Å². The molecule has 0 aliphatic carbocycles. The Hall–Kier alpha value is -1.07. The number of nitrogens with one attached hydrogen (secondary N) is 1. The molecule has 1 heterocycles. The van der Waals surface area contributed by atoms with Gasteiger partial charge in [0.2, 0.25) is 0 Å². The Kier molecular flexibility index (Phi) is 4.54. The van der Waals surface area contributed by atoms with Gasteiger partial charge in [0.15, 0.2) is 0 Å². The van der Waals surface area contributed by atoms with Crippen molar-refractivity contribution in [3.63, 3.8) is 0 Å². The molecule has 5 heteroatoms. The van der Waals surface area contributed by atoms with Gasteiger partial charge in [-0.3, -0.25) is 0 Å². The van der Waals surface area contributed by atoms with Gasteiger partial charge >= 0.3 is 6.09 Å². The summed E-state index contributed by atoms with van der Waals surface area (Å²) in [6.07, 6.45) is -0.429. The molecule has 1 unspecified atom stereocenters. The second kappa shape index (κ2) is 5.51. The lowest BCUT2D eigenvalue weighted by Crippen LogP contribution is -2.36. The summed E-state index contributed by atoms with van der Waals surface area (Å²) >= 11 is 1.61. The van der Waals surface area contributed by atoms with Crippen LogP contribution in [0, 0.1) is 6.92 Å². The van der Waals surface area contributed by atoms with E-state index >= 15 is 0 Å². The minimum absolute atomic E-state index is 0.179. The highest BCUT2D eigenvalue weighted by atomic mass is 32.1. The maximum atomic E-state index is 11.4. The topological polar surface area (TPSA) is 64.3 Å². The van der Waals surface area contributed by atoms with Crippen molar-refractivity contribution in [1.29, 1.82) is 0 Å². The molecule has 96 valence electrons. The minimum Gasteiger partial charge on any atom is -0.444 e. The van der Waals surface area contributed by atoms with Gasteiger partial charge in [0.1, 0.15) is 5.60 Å². The van der Waals surface area contributed by atoms with E-state index in [2.05, 4.69) is 5.32 Å². The number of alkyl carbamates (subject to hydrolysis) is 1. The number of carbonyl (C=O) groups is 1. The third-order valence-corrected chi connectivity index (χ3v) is 3.16. The van der Waals surface area contributed by atoms with Crippen LogP contribution >= 0.6 is 11.3 Å². The summed E-state index contributed by atoms with van der Waals surface area (Å²) in [4.78, 5) is 12.5. The molecule has 0 fully saturated rings. The summed E-state index contributed by atoms with van der Waals surface area (Å²) in [6, 6.07) is 1.85. The molecule has 0 aliphatic rings. The van der Waals surface area contributed by atoms with Crippen molar-refractivity contribution in [3.05, 3.63) is 21.9 Å². The Morgan fingerprint density at radius 1 is 1.59 bits per heavy atom. The molecular weight excluding hydrogens is 236 g/mol. The van der Waals surface area contributed by atoms with Gasteiger partial charge in [-0.25, -0.2) is 4.79 Å². The van der Waals surface area contributed by atoms with Gasteiger partial charge in [-0.05, 0) is 44.7 Å². The van der Waals surface area contributed by atoms with Crippen LogP contribution in [0.25, 0.3) is 0 Å². The van der Waals surface area contributed by atoms with Crippen molar-refractivity contribution < 1.29 is 9.53 Å². The largest absolute Gasteiger partial charge is 0.444 e. The molecule has 1 rings (SSSR count). The van der Waals surface area contributed by atoms with Gasteiger partial charge < -0.3 is 15.8 Å². The smallest absolute Gasteiger partial charge is 0.407 e. The number of hydrogen-bond acceptors (Lipinski definition) is 4. The molecule has 1 amide bonds. The zero-order valence-electron chi connectivity index (χ0n) is 10.7. The number of amides is 1. The van der Waals surface area contributed by atoms with Crippen molar-refractivity contribution in [2.75, 3.05) is 6.54 Å². The van der Waals surface area contributed by atoms with Crippen molar-refractivity contribution >= 4 is 17.4 Å². The number of carbonyl (C=O) groups excluding carboxylic acids is 1. The minimum atomic E-state index is -0.478. The molecule has 0 spiro atoms. The summed E-state index contributed by atoms with van der Waals surface area (Å²) in [5, 5.41) is 4.71. The van der Waals surface area contributed by atoms with E-state index in [4.69, 9.17) is 10.5 Å². The fraction of sp³-hybridized carbons (Fsp3) is 0.583. The second-order valence-electron chi connectivity index (χ2n) is 5.02. The molecule has 1 atom stereocenters. The van der Waals surface area contributed by atoms with Gasteiger partial charge in [-0.1, -0.05) is 0 Å². The molecule has 3 N–H and O–H groups in total. The van der Waals surface area contributed by atoms with Crippen LogP contribution in [0.1, 0.15) is 37.3 Å². The molecular formula is C12H20N2O2S. The maximum absolute atomic E-state index is 11.4. The Morgan fingerprint density at radius 3 is 2.71 bits per heavy atom. The summed E-state index contributed by atoms with van der Waals surface area (Å²) in [5.41, 5.74) is 6.67. The molecule has 17 heavy (non-hydrogen) atoms. The number of aryl methyl sites for hydroxylation is 1. The summed E-state index contributed by atoms with van der Waals surface area (Å²) < 4.78 is 5.13. The molecule has 4 nitrogen and oxygen atoms in total. The molecule has 0 saturated heterocycles. The highest BCUT2D eigenvalue weighted by Crippen LogP contribution is 2.19. The van der Waals surface area contributed by atoms with Crippen molar-refractivity contribution in [2.45, 2.75) is 39.3 Å². The van der Waals surface area contributed by atoms with E-state index in [-0.39, 0.29) is 6.04 Å². The zero-order valence-corrected chi connectivity index (χ0v) is 11.6. The Bertz CT molecular complexity index is 382. The summed E-state index contributed by atoms with van der Waals surface area (Å²) in [7, 11) is 0. The highest BCUT2D eigenvalue weighted by Gasteiger charge is 2.17. The van der Waals surface area contributed by atoms with E-state index in [1.165, 1.54) is 5.56 Å².